The van der Waals surface area contributed by atoms with Gasteiger partial charge in [-0.1, -0.05) is 84.4 Å². The minimum absolute atomic E-state index is 0. The Morgan fingerprint density at radius 2 is 1.12 bits per heavy atom. The molecule has 0 bridgehead atoms. The van der Waals surface area contributed by atoms with Gasteiger partial charge in [-0.05, 0) is 48.2 Å². The zero-order chi connectivity index (χ0) is 20.6. The van der Waals surface area contributed by atoms with Crippen molar-refractivity contribution in [1.82, 2.24) is 9.80 Å². The molecule has 2 nitrogen and oxygen atoms in total. The van der Waals surface area contributed by atoms with Crippen LogP contribution < -0.4 is 0 Å². The first kappa shape index (κ1) is 26.7. The second-order valence-electron chi connectivity index (χ2n) is 8.22. The minimum Gasteiger partial charge on any atom is -0.301 e. The Kier molecular flexibility index (Phi) is 11.6. The number of nitrogens with zero attached hydrogens (tertiary/aromatic N) is 2. The Hall–Kier alpha value is -1.55. The molecule has 1 unspecified atom stereocenters. The van der Waals surface area contributed by atoms with Gasteiger partial charge in [-0.25, -0.2) is 0 Å². The summed E-state index contributed by atoms with van der Waals surface area (Å²) in [6, 6.07) is 30.1. The average molecular weight is 492 g/mol. The molecule has 0 N–H and O–H groups in total. The van der Waals surface area contributed by atoms with Crippen LogP contribution in [0.4, 0.5) is 0 Å². The zero-order valence-electron chi connectivity index (χ0n) is 18.4. The van der Waals surface area contributed by atoms with Gasteiger partial charge in [-0.2, -0.15) is 0 Å². The standard InChI is InChI=1S/C27H31ClN2.2ClH/c28-26-13-11-25(12-14-26)27(24-9-5-2-6-10-24)16-18-30-21-19-29(20-22-30)17-15-23-7-3-1-4-8-23;;/h1-14,27H,15-22H2;2*1H. The summed E-state index contributed by atoms with van der Waals surface area (Å²) in [5, 5.41) is 0.803. The van der Waals surface area contributed by atoms with Crippen LogP contribution >= 0.6 is 36.4 Å². The van der Waals surface area contributed by atoms with Crippen molar-refractivity contribution in [3.8, 4) is 0 Å². The monoisotopic (exact) mass is 490 g/mol. The third-order valence-electron chi connectivity index (χ3n) is 6.23. The molecule has 1 heterocycles. The van der Waals surface area contributed by atoms with Gasteiger partial charge in [0.2, 0.25) is 0 Å². The quantitative estimate of drug-likeness (QED) is 0.352. The Balaban J connectivity index is 0.00000181. The van der Waals surface area contributed by atoms with Gasteiger partial charge in [0.1, 0.15) is 0 Å². The van der Waals surface area contributed by atoms with Crippen LogP contribution in [-0.4, -0.2) is 49.1 Å². The maximum Gasteiger partial charge on any atom is 0.0406 e. The molecular formula is C27H33Cl3N2. The first-order valence-corrected chi connectivity index (χ1v) is 11.4. The van der Waals surface area contributed by atoms with Crippen LogP contribution in [0.5, 0.6) is 0 Å². The van der Waals surface area contributed by atoms with E-state index in [1.807, 2.05) is 12.1 Å². The lowest BCUT2D eigenvalue weighted by Gasteiger charge is -2.35. The van der Waals surface area contributed by atoms with Crippen molar-refractivity contribution in [3.63, 3.8) is 0 Å². The van der Waals surface area contributed by atoms with Crippen molar-refractivity contribution >= 4 is 36.4 Å². The number of piperazine rings is 1. The third kappa shape index (κ3) is 7.79. The lowest BCUT2D eigenvalue weighted by Crippen LogP contribution is -2.47. The van der Waals surface area contributed by atoms with Gasteiger partial charge < -0.3 is 9.80 Å². The van der Waals surface area contributed by atoms with Crippen LogP contribution in [0, 0.1) is 0 Å². The van der Waals surface area contributed by atoms with E-state index in [0.717, 1.165) is 44.0 Å². The summed E-state index contributed by atoms with van der Waals surface area (Å²) in [5.74, 6) is 0.416. The summed E-state index contributed by atoms with van der Waals surface area (Å²) in [6.07, 6.45) is 2.28. The highest BCUT2D eigenvalue weighted by Gasteiger charge is 2.20. The van der Waals surface area contributed by atoms with E-state index >= 15 is 0 Å². The van der Waals surface area contributed by atoms with E-state index in [0.29, 0.717) is 5.92 Å². The average Bonchev–Trinajstić information content (AvgIpc) is 2.81. The van der Waals surface area contributed by atoms with Crippen LogP contribution in [-0.2, 0) is 6.42 Å². The fourth-order valence-electron chi connectivity index (χ4n) is 4.39. The highest BCUT2D eigenvalue weighted by atomic mass is 35.5. The maximum absolute atomic E-state index is 6.13. The summed E-state index contributed by atoms with van der Waals surface area (Å²) >= 11 is 6.13. The highest BCUT2D eigenvalue weighted by Crippen LogP contribution is 2.29. The van der Waals surface area contributed by atoms with Crippen LogP contribution in [0.2, 0.25) is 5.02 Å². The first-order valence-electron chi connectivity index (χ1n) is 11.1. The molecule has 32 heavy (non-hydrogen) atoms. The van der Waals surface area contributed by atoms with Crippen LogP contribution in [0.25, 0.3) is 0 Å². The molecule has 172 valence electrons. The van der Waals surface area contributed by atoms with E-state index in [2.05, 4.69) is 82.6 Å². The van der Waals surface area contributed by atoms with Crippen LogP contribution in [0.1, 0.15) is 29.0 Å². The molecule has 0 saturated carbocycles. The summed E-state index contributed by atoms with van der Waals surface area (Å²) in [4.78, 5) is 5.24. The second-order valence-corrected chi connectivity index (χ2v) is 8.66. The van der Waals surface area contributed by atoms with Gasteiger partial charge in [0.15, 0.2) is 0 Å². The fraction of sp³-hybridized carbons (Fsp3) is 0.333. The summed E-state index contributed by atoms with van der Waals surface area (Å²) < 4.78 is 0. The Morgan fingerprint density at radius 1 is 0.625 bits per heavy atom. The SMILES string of the molecule is Cl.Cl.Clc1ccc(C(CCN2CCN(CCc3ccccc3)CC2)c2ccccc2)cc1. The van der Waals surface area contributed by atoms with E-state index in [9.17, 15) is 0 Å². The number of rotatable bonds is 8. The Morgan fingerprint density at radius 3 is 1.72 bits per heavy atom. The molecule has 1 saturated heterocycles. The molecule has 3 aromatic carbocycles. The van der Waals surface area contributed by atoms with Gasteiger partial charge >= 0.3 is 0 Å². The van der Waals surface area contributed by atoms with E-state index in [1.165, 1.54) is 29.8 Å². The van der Waals surface area contributed by atoms with Gasteiger partial charge in [0, 0.05) is 43.7 Å². The molecule has 0 aromatic heterocycles. The van der Waals surface area contributed by atoms with E-state index in [1.54, 1.807) is 0 Å². The molecule has 4 rings (SSSR count). The summed E-state index contributed by atoms with van der Waals surface area (Å²) in [7, 11) is 0. The molecule has 0 radical (unpaired) electrons. The van der Waals surface area contributed by atoms with Crippen molar-refractivity contribution in [2.24, 2.45) is 0 Å². The van der Waals surface area contributed by atoms with Crippen molar-refractivity contribution in [1.29, 1.82) is 0 Å². The third-order valence-corrected chi connectivity index (χ3v) is 6.48. The lowest BCUT2D eigenvalue weighted by atomic mass is 9.88. The van der Waals surface area contributed by atoms with Crippen molar-refractivity contribution < 1.29 is 0 Å². The second kappa shape index (κ2) is 13.9. The Labute approximate surface area is 210 Å². The molecular weight excluding hydrogens is 459 g/mol. The molecule has 1 aliphatic heterocycles. The molecule has 1 fully saturated rings. The van der Waals surface area contributed by atoms with Crippen molar-refractivity contribution in [2.45, 2.75) is 18.8 Å². The molecule has 5 heteroatoms. The molecule has 1 aliphatic rings. The summed E-state index contributed by atoms with van der Waals surface area (Å²) in [6.45, 7) is 6.96. The molecule has 0 spiro atoms. The van der Waals surface area contributed by atoms with Crippen LogP contribution in [0.15, 0.2) is 84.9 Å². The number of hydrogen-bond acceptors (Lipinski definition) is 2. The van der Waals surface area contributed by atoms with Gasteiger partial charge in [0.25, 0.3) is 0 Å². The predicted molar refractivity (Wildman–Crippen MR) is 142 cm³/mol. The largest absolute Gasteiger partial charge is 0.301 e. The molecule has 0 aliphatic carbocycles. The smallest absolute Gasteiger partial charge is 0.0406 e. The highest BCUT2D eigenvalue weighted by molar-refractivity contribution is 6.30. The Bertz CT molecular complexity index is 880. The predicted octanol–water partition coefficient (Wildman–Crippen LogP) is 6.57. The molecule has 3 aromatic rings. The number of benzene rings is 3. The number of halogens is 3. The molecule has 1 atom stereocenters. The summed E-state index contributed by atoms with van der Waals surface area (Å²) in [5.41, 5.74) is 4.18. The molecule has 0 amide bonds. The van der Waals surface area contributed by atoms with Gasteiger partial charge in [-0.15, -0.1) is 24.8 Å². The van der Waals surface area contributed by atoms with Crippen molar-refractivity contribution in [2.75, 3.05) is 39.3 Å². The lowest BCUT2D eigenvalue weighted by molar-refractivity contribution is 0.131. The van der Waals surface area contributed by atoms with Crippen molar-refractivity contribution in [3.05, 3.63) is 107 Å². The normalized spacial score (nSPS) is 15.4. The van der Waals surface area contributed by atoms with E-state index < -0.39 is 0 Å². The number of hydrogen-bond donors (Lipinski definition) is 0. The fourth-order valence-corrected chi connectivity index (χ4v) is 4.51. The van der Waals surface area contributed by atoms with Gasteiger partial charge in [0.05, 0.1) is 0 Å². The maximum atomic E-state index is 6.13. The minimum atomic E-state index is 0. The van der Waals surface area contributed by atoms with E-state index in [4.69, 9.17) is 11.6 Å². The first-order chi connectivity index (χ1) is 14.8. The van der Waals surface area contributed by atoms with Gasteiger partial charge in [-0.3, -0.25) is 0 Å². The zero-order valence-corrected chi connectivity index (χ0v) is 20.8. The topological polar surface area (TPSA) is 6.48 Å². The van der Waals surface area contributed by atoms with Crippen LogP contribution in [0.3, 0.4) is 0 Å². The van der Waals surface area contributed by atoms with E-state index in [-0.39, 0.29) is 24.8 Å².